The minimum absolute atomic E-state index is 0.322. The Kier molecular flexibility index (Phi) is 7.84. The van der Waals surface area contributed by atoms with Gasteiger partial charge in [-0.3, -0.25) is 0 Å². The number of phenolic OH excluding ortho intramolecular Hbond substituents is 2. The van der Waals surface area contributed by atoms with E-state index in [4.69, 9.17) is 10.2 Å². The molecule has 3 aromatic carbocycles. The van der Waals surface area contributed by atoms with Gasteiger partial charge in [-0.1, -0.05) is 72.3 Å². The predicted molar refractivity (Wildman–Crippen MR) is 87.4 cm³/mol. The second-order valence-electron chi connectivity index (χ2n) is 4.33. The summed E-state index contributed by atoms with van der Waals surface area (Å²) in [6.07, 6.45) is 0. The van der Waals surface area contributed by atoms with E-state index in [0.29, 0.717) is 11.5 Å². The Bertz CT molecular complexity index is 489. The maximum atomic E-state index is 8.63. The van der Waals surface area contributed by atoms with Crippen LogP contribution in [0, 0.1) is 6.92 Å². The summed E-state index contributed by atoms with van der Waals surface area (Å²) in [5.74, 6) is 0.644. The molecule has 2 N–H and O–H groups in total. The lowest BCUT2D eigenvalue weighted by atomic mass is 10.2. The van der Waals surface area contributed by atoms with E-state index in [1.165, 1.54) is 5.56 Å². The normalized spacial score (nSPS) is 8.62. The molecule has 0 unspecified atom stereocenters. The molecule has 3 aromatic rings. The van der Waals surface area contributed by atoms with Crippen LogP contribution in [0.4, 0.5) is 0 Å². The minimum atomic E-state index is 0.322. The number of phenols is 2. The fourth-order valence-corrected chi connectivity index (χ4v) is 1.39. The van der Waals surface area contributed by atoms with E-state index in [1.54, 1.807) is 48.5 Å². The van der Waals surface area contributed by atoms with Crippen molar-refractivity contribution in [3.05, 3.63) is 96.6 Å². The molecule has 0 bridgehead atoms. The molecule has 0 spiro atoms. The fraction of sp³-hybridized carbons (Fsp3) is 0.0526. The quantitative estimate of drug-likeness (QED) is 0.622. The lowest BCUT2D eigenvalue weighted by molar-refractivity contribution is 0.475. The van der Waals surface area contributed by atoms with Gasteiger partial charge in [-0.2, -0.15) is 0 Å². The summed E-state index contributed by atoms with van der Waals surface area (Å²) < 4.78 is 0. The zero-order valence-electron chi connectivity index (χ0n) is 12.1. The summed E-state index contributed by atoms with van der Waals surface area (Å²) in [4.78, 5) is 0. The standard InChI is InChI=1S/C7H8.2C6H6O/c1-7-5-3-2-4-6-7;2*7-6-4-2-1-3-5-6/h2-6H,1H3;2*1-5,7H. The topological polar surface area (TPSA) is 40.5 Å². The zero-order valence-corrected chi connectivity index (χ0v) is 12.1. The van der Waals surface area contributed by atoms with Crippen molar-refractivity contribution in [2.45, 2.75) is 6.92 Å². The van der Waals surface area contributed by atoms with Gasteiger partial charge in [-0.25, -0.2) is 0 Å². The lowest BCUT2D eigenvalue weighted by Gasteiger charge is -1.82. The van der Waals surface area contributed by atoms with Crippen molar-refractivity contribution in [3.8, 4) is 11.5 Å². The van der Waals surface area contributed by atoms with Crippen molar-refractivity contribution in [1.29, 1.82) is 0 Å². The van der Waals surface area contributed by atoms with E-state index in [1.807, 2.05) is 30.3 Å². The van der Waals surface area contributed by atoms with Crippen molar-refractivity contribution in [3.63, 3.8) is 0 Å². The largest absolute Gasteiger partial charge is 0.508 e. The highest BCUT2D eigenvalue weighted by molar-refractivity contribution is 5.19. The van der Waals surface area contributed by atoms with Crippen LogP contribution < -0.4 is 0 Å². The molecule has 2 heteroatoms. The molecule has 0 aliphatic heterocycles. The van der Waals surface area contributed by atoms with E-state index in [-0.39, 0.29) is 0 Å². The molecular weight excluding hydrogens is 260 g/mol. The Labute approximate surface area is 126 Å². The van der Waals surface area contributed by atoms with Gasteiger partial charge in [-0.05, 0) is 31.2 Å². The van der Waals surface area contributed by atoms with E-state index in [2.05, 4.69) is 19.1 Å². The van der Waals surface area contributed by atoms with Gasteiger partial charge in [0, 0.05) is 0 Å². The SMILES string of the molecule is Cc1ccccc1.Oc1ccccc1.Oc1ccccc1. The molecule has 0 aromatic heterocycles. The predicted octanol–water partition coefficient (Wildman–Crippen LogP) is 4.78. The monoisotopic (exact) mass is 280 g/mol. The van der Waals surface area contributed by atoms with Crippen LogP contribution in [-0.4, -0.2) is 10.2 Å². The van der Waals surface area contributed by atoms with Crippen LogP contribution in [-0.2, 0) is 0 Å². The summed E-state index contributed by atoms with van der Waals surface area (Å²) >= 11 is 0. The first-order valence-electron chi connectivity index (χ1n) is 6.68. The van der Waals surface area contributed by atoms with Crippen LogP contribution in [0.3, 0.4) is 0 Å². The maximum absolute atomic E-state index is 8.63. The van der Waals surface area contributed by atoms with E-state index < -0.39 is 0 Å². The van der Waals surface area contributed by atoms with Crippen LogP contribution in [0.2, 0.25) is 0 Å². The van der Waals surface area contributed by atoms with Gasteiger partial charge in [0.2, 0.25) is 0 Å². The fourth-order valence-electron chi connectivity index (χ4n) is 1.39. The molecular formula is C19H20O2. The first-order chi connectivity index (χ1) is 10.2. The Morgan fingerprint density at radius 2 is 0.762 bits per heavy atom. The molecule has 0 saturated heterocycles. The molecule has 0 radical (unpaired) electrons. The van der Waals surface area contributed by atoms with Crippen molar-refractivity contribution in [1.82, 2.24) is 0 Å². The highest BCUT2D eigenvalue weighted by Gasteiger charge is 1.75. The molecule has 21 heavy (non-hydrogen) atoms. The van der Waals surface area contributed by atoms with Gasteiger partial charge in [0.05, 0.1) is 0 Å². The van der Waals surface area contributed by atoms with Gasteiger partial charge in [-0.15, -0.1) is 0 Å². The van der Waals surface area contributed by atoms with Crippen molar-refractivity contribution in [2.24, 2.45) is 0 Å². The third-order valence-corrected chi connectivity index (χ3v) is 2.45. The van der Waals surface area contributed by atoms with Crippen LogP contribution in [0.15, 0.2) is 91.0 Å². The Morgan fingerprint density at radius 1 is 0.476 bits per heavy atom. The molecule has 0 amide bonds. The number of hydrogen-bond acceptors (Lipinski definition) is 2. The second kappa shape index (κ2) is 10.1. The number of hydrogen-bond donors (Lipinski definition) is 2. The van der Waals surface area contributed by atoms with Gasteiger partial charge in [0.15, 0.2) is 0 Å². The Hall–Kier alpha value is -2.74. The molecule has 0 saturated carbocycles. The zero-order chi connectivity index (χ0) is 15.3. The molecule has 0 fully saturated rings. The summed E-state index contributed by atoms with van der Waals surface area (Å²) in [5.41, 5.74) is 1.32. The van der Waals surface area contributed by atoms with Crippen molar-refractivity contribution >= 4 is 0 Å². The Balaban J connectivity index is 0.000000157. The summed E-state index contributed by atoms with van der Waals surface area (Å²) in [6.45, 7) is 2.08. The molecule has 0 aliphatic rings. The minimum Gasteiger partial charge on any atom is -0.508 e. The lowest BCUT2D eigenvalue weighted by Crippen LogP contribution is -1.62. The highest BCUT2D eigenvalue weighted by Crippen LogP contribution is 2.03. The van der Waals surface area contributed by atoms with Gasteiger partial charge in [0.1, 0.15) is 11.5 Å². The molecule has 2 nitrogen and oxygen atoms in total. The van der Waals surface area contributed by atoms with E-state index in [9.17, 15) is 0 Å². The number of aromatic hydroxyl groups is 2. The number of rotatable bonds is 0. The third-order valence-electron chi connectivity index (χ3n) is 2.45. The first-order valence-corrected chi connectivity index (χ1v) is 6.68. The van der Waals surface area contributed by atoms with Gasteiger partial charge >= 0.3 is 0 Å². The van der Waals surface area contributed by atoms with Crippen molar-refractivity contribution in [2.75, 3.05) is 0 Å². The van der Waals surface area contributed by atoms with E-state index in [0.717, 1.165) is 0 Å². The molecule has 0 heterocycles. The smallest absolute Gasteiger partial charge is 0.115 e. The number of aryl methyl sites for hydroxylation is 1. The number of para-hydroxylation sites is 2. The molecule has 3 rings (SSSR count). The van der Waals surface area contributed by atoms with Gasteiger partial charge < -0.3 is 10.2 Å². The van der Waals surface area contributed by atoms with Crippen LogP contribution in [0.25, 0.3) is 0 Å². The van der Waals surface area contributed by atoms with Crippen LogP contribution >= 0.6 is 0 Å². The van der Waals surface area contributed by atoms with Crippen LogP contribution in [0.5, 0.6) is 11.5 Å². The average molecular weight is 280 g/mol. The maximum Gasteiger partial charge on any atom is 0.115 e. The van der Waals surface area contributed by atoms with Gasteiger partial charge in [0.25, 0.3) is 0 Å². The highest BCUT2D eigenvalue weighted by atomic mass is 16.3. The molecule has 0 atom stereocenters. The van der Waals surface area contributed by atoms with E-state index >= 15 is 0 Å². The summed E-state index contributed by atoms with van der Waals surface area (Å²) in [6, 6.07) is 27.7. The second-order valence-corrected chi connectivity index (χ2v) is 4.33. The molecule has 108 valence electrons. The van der Waals surface area contributed by atoms with Crippen molar-refractivity contribution < 1.29 is 10.2 Å². The summed E-state index contributed by atoms with van der Waals surface area (Å²) in [7, 11) is 0. The Morgan fingerprint density at radius 3 is 0.905 bits per heavy atom. The van der Waals surface area contributed by atoms with Crippen LogP contribution in [0.1, 0.15) is 5.56 Å². The molecule has 0 aliphatic carbocycles. The summed E-state index contributed by atoms with van der Waals surface area (Å²) in [5, 5.41) is 17.3. The average Bonchev–Trinajstić information content (AvgIpc) is 2.51. The number of benzene rings is 3. The first kappa shape index (κ1) is 16.3. The third kappa shape index (κ3) is 8.89.